The standard InChI is InChI=1S/C25H28FN5O5/c26-16-7-5-8-17(15-16)28-25(36)27-14-4-3-11-20(24(34)35)30-22(32)13-6-12-21-29-19-10-2-1-9-18(19)23(33)31-21/h1-2,5,7-10,15,20H,3-4,6,11-14H2,(H,30,32)(H,34,35)(H2,27,28,36)(H,29,31,33)/t20-/m0/s1. The van der Waals surface area contributed by atoms with Gasteiger partial charge in [-0.15, -0.1) is 0 Å². The number of aromatic nitrogens is 2. The molecule has 2 aromatic carbocycles. The van der Waals surface area contributed by atoms with Gasteiger partial charge in [0.15, 0.2) is 0 Å². The van der Waals surface area contributed by atoms with Crippen molar-refractivity contribution in [3.8, 4) is 0 Å². The maximum atomic E-state index is 13.1. The van der Waals surface area contributed by atoms with Crippen LogP contribution in [0.5, 0.6) is 0 Å². The molecule has 1 aromatic heterocycles. The lowest BCUT2D eigenvalue weighted by molar-refractivity contribution is -0.142. The fourth-order valence-corrected chi connectivity index (χ4v) is 3.61. The molecular weight excluding hydrogens is 469 g/mol. The van der Waals surface area contributed by atoms with Crippen molar-refractivity contribution in [2.24, 2.45) is 0 Å². The van der Waals surface area contributed by atoms with E-state index in [1.165, 1.54) is 18.2 Å². The predicted molar refractivity (Wildman–Crippen MR) is 132 cm³/mol. The van der Waals surface area contributed by atoms with Crippen LogP contribution < -0.4 is 21.5 Å². The molecule has 3 aromatic rings. The first-order valence-corrected chi connectivity index (χ1v) is 11.6. The van der Waals surface area contributed by atoms with Gasteiger partial charge < -0.3 is 26.0 Å². The Morgan fingerprint density at radius 1 is 1.06 bits per heavy atom. The van der Waals surface area contributed by atoms with E-state index in [1.54, 1.807) is 30.3 Å². The van der Waals surface area contributed by atoms with Crippen LogP contribution in [0.2, 0.25) is 0 Å². The molecule has 3 rings (SSSR count). The van der Waals surface area contributed by atoms with Crippen molar-refractivity contribution in [2.75, 3.05) is 11.9 Å². The summed E-state index contributed by atoms with van der Waals surface area (Å²) >= 11 is 0. The molecule has 0 unspecified atom stereocenters. The number of halogens is 1. The van der Waals surface area contributed by atoms with Crippen molar-refractivity contribution in [3.63, 3.8) is 0 Å². The number of unbranched alkanes of at least 4 members (excludes halogenated alkanes) is 1. The Morgan fingerprint density at radius 3 is 2.64 bits per heavy atom. The number of carboxylic acids is 1. The van der Waals surface area contributed by atoms with Crippen molar-refractivity contribution in [3.05, 3.63) is 70.5 Å². The van der Waals surface area contributed by atoms with Crippen LogP contribution in [0.3, 0.4) is 0 Å². The third-order valence-corrected chi connectivity index (χ3v) is 5.40. The minimum atomic E-state index is -1.14. The first-order valence-electron chi connectivity index (χ1n) is 11.6. The molecule has 1 atom stereocenters. The normalized spacial score (nSPS) is 11.6. The quantitative estimate of drug-likeness (QED) is 0.243. The van der Waals surface area contributed by atoms with Gasteiger partial charge in [0.25, 0.3) is 5.56 Å². The topological polar surface area (TPSA) is 153 Å². The number of anilines is 1. The highest BCUT2D eigenvalue weighted by molar-refractivity contribution is 5.89. The third kappa shape index (κ3) is 8.19. The van der Waals surface area contributed by atoms with Gasteiger partial charge in [0.2, 0.25) is 5.91 Å². The van der Waals surface area contributed by atoms with E-state index < -0.39 is 29.8 Å². The molecule has 11 heteroatoms. The SMILES string of the molecule is O=C(CCCc1nc2ccccc2c(=O)[nH]1)N[C@@H](CCCCNC(=O)Nc1cccc(F)c1)C(=O)O. The highest BCUT2D eigenvalue weighted by Crippen LogP contribution is 2.09. The Labute approximate surface area is 206 Å². The van der Waals surface area contributed by atoms with E-state index in [9.17, 15) is 28.7 Å². The van der Waals surface area contributed by atoms with E-state index in [2.05, 4.69) is 25.9 Å². The average Bonchev–Trinajstić information content (AvgIpc) is 2.83. The Bertz CT molecular complexity index is 1280. The Kier molecular flexibility index (Phi) is 9.49. The monoisotopic (exact) mass is 497 g/mol. The molecule has 0 aliphatic carbocycles. The average molecular weight is 498 g/mol. The fourth-order valence-electron chi connectivity index (χ4n) is 3.61. The largest absolute Gasteiger partial charge is 0.480 e. The molecule has 0 saturated heterocycles. The second-order valence-electron chi connectivity index (χ2n) is 8.23. The molecule has 10 nitrogen and oxygen atoms in total. The highest BCUT2D eigenvalue weighted by Gasteiger charge is 2.19. The van der Waals surface area contributed by atoms with Crippen molar-refractivity contribution in [1.29, 1.82) is 0 Å². The third-order valence-electron chi connectivity index (χ3n) is 5.40. The first-order chi connectivity index (χ1) is 17.3. The van der Waals surface area contributed by atoms with Crippen LogP contribution in [-0.4, -0.2) is 45.6 Å². The second kappa shape index (κ2) is 13.0. The van der Waals surface area contributed by atoms with E-state index in [1.807, 2.05) is 0 Å². The Hall–Kier alpha value is -4.28. The van der Waals surface area contributed by atoms with Gasteiger partial charge in [-0.3, -0.25) is 9.59 Å². The molecule has 0 aliphatic heterocycles. The number of rotatable bonds is 12. The smallest absolute Gasteiger partial charge is 0.326 e. The summed E-state index contributed by atoms with van der Waals surface area (Å²) in [5.41, 5.74) is 0.656. The molecule has 0 saturated carbocycles. The second-order valence-corrected chi connectivity index (χ2v) is 8.23. The van der Waals surface area contributed by atoms with Crippen LogP contribution in [0.1, 0.15) is 37.9 Å². The van der Waals surface area contributed by atoms with Gasteiger partial charge >= 0.3 is 12.0 Å². The van der Waals surface area contributed by atoms with Gasteiger partial charge in [0.05, 0.1) is 10.9 Å². The number of aromatic amines is 1. The highest BCUT2D eigenvalue weighted by atomic mass is 19.1. The zero-order valence-corrected chi connectivity index (χ0v) is 19.6. The molecule has 0 aliphatic rings. The zero-order valence-electron chi connectivity index (χ0n) is 19.6. The molecule has 1 heterocycles. The number of carboxylic acid groups (broad SMARTS) is 1. The number of urea groups is 1. The Morgan fingerprint density at radius 2 is 1.86 bits per heavy atom. The number of hydrogen-bond donors (Lipinski definition) is 5. The number of hydrogen-bond acceptors (Lipinski definition) is 5. The number of H-pyrrole nitrogens is 1. The van der Waals surface area contributed by atoms with Crippen LogP contribution in [0.4, 0.5) is 14.9 Å². The number of nitrogens with zero attached hydrogens (tertiary/aromatic N) is 1. The Balaban J connectivity index is 1.35. The molecule has 3 amide bonds. The summed E-state index contributed by atoms with van der Waals surface area (Å²) in [6.07, 6.45) is 2.01. The van der Waals surface area contributed by atoms with Gasteiger partial charge in [-0.2, -0.15) is 0 Å². The number of aliphatic carboxylic acids is 1. The number of carbonyl (C=O) groups excluding carboxylic acids is 2. The van der Waals surface area contributed by atoms with Gasteiger partial charge in [-0.25, -0.2) is 19.0 Å². The van der Waals surface area contributed by atoms with E-state index in [0.29, 0.717) is 54.6 Å². The summed E-state index contributed by atoms with van der Waals surface area (Å²) in [5, 5.41) is 17.5. The maximum Gasteiger partial charge on any atom is 0.326 e. The molecule has 5 N–H and O–H groups in total. The van der Waals surface area contributed by atoms with E-state index >= 15 is 0 Å². The fraction of sp³-hybridized carbons (Fsp3) is 0.320. The van der Waals surface area contributed by atoms with Crippen molar-refractivity contribution in [2.45, 2.75) is 44.6 Å². The van der Waals surface area contributed by atoms with E-state index in [-0.39, 0.29) is 18.4 Å². The van der Waals surface area contributed by atoms with Gasteiger partial charge in [-0.1, -0.05) is 18.2 Å². The van der Waals surface area contributed by atoms with Crippen LogP contribution in [0, 0.1) is 5.82 Å². The number of nitrogens with one attached hydrogen (secondary N) is 4. The number of para-hydroxylation sites is 1. The summed E-state index contributed by atoms with van der Waals surface area (Å²) in [6.45, 7) is 0.290. The maximum absolute atomic E-state index is 13.1. The zero-order chi connectivity index (χ0) is 25.9. The van der Waals surface area contributed by atoms with Crippen molar-refractivity contribution < 1.29 is 23.9 Å². The minimum absolute atomic E-state index is 0.0854. The van der Waals surface area contributed by atoms with E-state index in [4.69, 9.17) is 0 Å². The van der Waals surface area contributed by atoms with Gasteiger partial charge in [-0.05, 0) is 56.0 Å². The lowest BCUT2D eigenvalue weighted by atomic mass is 10.1. The van der Waals surface area contributed by atoms with Gasteiger partial charge in [0.1, 0.15) is 17.7 Å². The number of carbonyl (C=O) groups is 3. The first kappa shape index (κ1) is 26.3. The van der Waals surface area contributed by atoms with Gasteiger partial charge in [0, 0.05) is 25.1 Å². The van der Waals surface area contributed by atoms with Crippen LogP contribution in [-0.2, 0) is 16.0 Å². The van der Waals surface area contributed by atoms with Crippen LogP contribution in [0.25, 0.3) is 10.9 Å². The summed E-state index contributed by atoms with van der Waals surface area (Å²) < 4.78 is 13.1. The molecule has 36 heavy (non-hydrogen) atoms. The summed E-state index contributed by atoms with van der Waals surface area (Å²) in [4.78, 5) is 54.8. The van der Waals surface area contributed by atoms with Crippen LogP contribution in [0.15, 0.2) is 53.3 Å². The molecule has 0 bridgehead atoms. The lowest BCUT2D eigenvalue weighted by Crippen LogP contribution is -2.40. The predicted octanol–water partition coefficient (Wildman–Crippen LogP) is 2.95. The van der Waals surface area contributed by atoms with Crippen molar-refractivity contribution in [1.82, 2.24) is 20.6 Å². The summed E-state index contributed by atoms with van der Waals surface area (Å²) in [7, 11) is 0. The molecule has 0 fully saturated rings. The molecule has 0 radical (unpaired) electrons. The summed E-state index contributed by atoms with van der Waals surface area (Å²) in [5.74, 6) is -1.54. The molecule has 0 spiro atoms. The number of aryl methyl sites for hydroxylation is 1. The van der Waals surface area contributed by atoms with Crippen LogP contribution >= 0.6 is 0 Å². The lowest BCUT2D eigenvalue weighted by Gasteiger charge is -2.14. The number of benzene rings is 2. The van der Waals surface area contributed by atoms with Crippen molar-refractivity contribution >= 4 is 34.5 Å². The summed E-state index contributed by atoms with van der Waals surface area (Å²) in [6, 6.07) is 10.9. The number of fused-ring (bicyclic) bond motifs is 1. The molecule has 190 valence electrons. The van der Waals surface area contributed by atoms with E-state index in [0.717, 1.165) is 0 Å². The number of amides is 3. The molecular formula is C25H28FN5O5. The minimum Gasteiger partial charge on any atom is -0.480 e.